The van der Waals surface area contributed by atoms with E-state index in [4.69, 9.17) is 4.74 Å². The van der Waals surface area contributed by atoms with E-state index in [1.807, 2.05) is 24.3 Å². The zero-order valence-electron chi connectivity index (χ0n) is 20.0. The third-order valence-electron chi connectivity index (χ3n) is 8.06. The average molecular weight is 477 g/mol. The average Bonchev–Trinajstić information content (AvgIpc) is 3.41. The summed E-state index contributed by atoms with van der Waals surface area (Å²) in [5.41, 5.74) is 3.56. The Morgan fingerprint density at radius 2 is 1.69 bits per heavy atom. The second-order valence-corrected chi connectivity index (χ2v) is 10.2. The molecule has 0 spiro atoms. The van der Waals surface area contributed by atoms with E-state index in [0.29, 0.717) is 32.2 Å². The summed E-state index contributed by atoms with van der Waals surface area (Å²) < 4.78 is 5.68. The molecule has 35 heavy (non-hydrogen) atoms. The first kappa shape index (κ1) is 23.4. The number of amides is 2. The highest BCUT2D eigenvalue weighted by Crippen LogP contribution is 2.44. The largest absolute Gasteiger partial charge is 0.480 e. The fraction of sp³-hybridized carbons (Fsp3) is 0.464. The number of carbonyl (C=O) groups is 3. The zero-order chi connectivity index (χ0) is 24.6. The van der Waals surface area contributed by atoms with Crippen molar-refractivity contribution in [3.8, 4) is 11.1 Å². The molecule has 3 atom stereocenters. The van der Waals surface area contributed by atoms with Gasteiger partial charge >= 0.3 is 12.1 Å². The van der Waals surface area contributed by atoms with Crippen molar-refractivity contribution in [3.63, 3.8) is 0 Å². The maximum absolute atomic E-state index is 13.2. The number of rotatable bonds is 5. The first-order chi connectivity index (χ1) is 16.9. The molecule has 0 bridgehead atoms. The summed E-state index contributed by atoms with van der Waals surface area (Å²) >= 11 is 0. The van der Waals surface area contributed by atoms with Gasteiger partial charge in [0.1, 0.15) is 12.1 Å². The van der Waals surface area contributed by atoms with Crippen LogP contribution in [0, 0.1) is 5.92 Å². The minimum atomic E-state index is -1.13. The smallest absolute Gasteiger partial charge is 0.407 e. The van der Waals surface area contributed by atoms with Gasteiger partial charge < -0.3 is 20.1 Å². The number of benzene rings is 2. The van der Waals surface area contributed by atoms with E-state index >= 15 is 0 Å². The van der Waals surface area contributed by atoms with Crippen LogP contribution in [0.4, 0.5) is 4.79 Å². The molecule has 1 aliphatic heterocycles. The summed E-state index contributed by atoms with van der Waals surface area (Å²) in [4.78, 5) is 39.3. The Morgan fingerprint density at radius 3 is 2.34 bits per heavy atom. The summed E-state index contributed by atoms with van der Waals surface area (Å²) in [5, 5.41) is 12.6. The third-order valence-corrected chi connectivity index (χ3v) is 8.06. The Morgan fingerprint density at radius 1 is 1.03 bits per heavy atom. The van der Waals surface area contributed by atoms with Gasteiger partial charge in [-0.25, -0.2) is 9.59 Å². The normalized spacial score (nSPS) is 25.6. The van der Waals surface area contributed by atoms with Crippen LogP contribution in [0.2, 0.25) is 0 Å². The molecule has 2 N–H and O–H groups in total. The molecular weight excluding hydrogens is 444 g/mol. The van der Waals surface area contributed by atoms with Crippen molar-refractivity contribution in [2.45, 2.75) is 62.9 Å². The summed E-state index contributed by atoms with van der Waals surface area (Å²) in [6.45, 7) is 2.36. The van der Waals surface area contributed by atoms with Crippen molar-refractivity contribution in [1.82, 2.24) is 10.2 Å². The number of hydrogen-bond donors (Lipinski definition) is 2. The van der Waals surface area contributed by atoms with E-state index in [9.17, 15) is 19.5 Å². The minimum absolute atomic E-state index is 0.00213. The van der Waals surface area contributed by atoms with Crippen molar-refractivity contribution in [2.24, 2.45) is 5.92 Å². The van der Waals surface area contributed by atoms with Crippen LogP contribution in [0.3, 0.4) is 0 Å². The Hall–Kier alpha value is -3.35. The first-order valence-electron chi connectivity index (χ1n) is 12.5. The Kier molecular flexibility index (Phi) is 6.26. The van der Waals surface area contributed by atoms with Gasteiger partial charge in [0.15, 0.2) is 0 Å². The van der Waals surface area contributed by atoms with Gasteiger partial charge in [-0.1, -0.05) is 55.0 Å². The van der Waals surface area contributed by atoms with Crippen molar-refractivity contribution in [3.05, 3.63) is 59.7 Å². The molecular formula is C28H32N2O5. The van der Waals surface area contributed by atoms with Crippen molar-refractivity contribution < 1.29 is 24.2 Å². The topological polar surface area (TPSA) is 95.9 Å². The molecule has 2 aromatic carbocycles. The molecule has 1 heterocycles. The molecule has 184 valence electrons. The molecule has 1 saturated carbocycles. The lowest BCUT2D eigenvalue weighted by molar-refractivity contribution is -0.157. The molecule has 7 heteroatoms. The third kappa shape index (κ3) is 4.28. The van der Waals surface area contributed by atoms with Crippen LogP contribution >= 0.6 is 0 Å². The number of ether oxygens (including phenoxy) is 1. The first-order valence-corrected chi connectivity index (χ1v) is 12.5. The lowest BCUT2D eigenvalue weighted by atomic mass is 9.84. The number of fused-ring (bicyclic) bond motifs is 3. The van der Waals surface area contributed by atoms with E-state index in [0.717, 1.165) is 24.0 Å². The van der Waals surface area contributed by atoms with E-state index in [2.05, 4.69) is 29.6 Å². The SMILES string of the molecule is CC1(C(=O)O)CCCN1C(=O)[C@@H]1CCC[C@@H](NC(=O)OCC2c3ccccc3-c3ccccc32)C1. The van der Waals surface area contributed by atoms with Gasteiger partial charge in [0.2, 0.25) is 5.91 Å². The number of nitrogens with zero attached hydrogens (tertiary/aromatic N) is 1. The fourth-order valence-electron chi connectivity index (χ4n) is 6.11. The van der Waals surface area contributed by atoms with Crippen LogP contribution in [-0.2, 0) is 14.3 Å². The predicted molar refractivity (Wildman–Crippen MR) is 131 cm³/mol. The second kappa shape index (κ2) is 9.36. The summed E-state index contributed by atoms with van der Waals surface area (Å²) in [6, 6.07) is 16.3. The van der Waals surface area contributed by atoms with Crippen molar-refractivity contribution in [2.75, 3.05) is 13.2 Å². The lowest BCUT2D eigenvalue weighted by Crippen LogP contribution is -2.53. The quantitative estimate of drug-likeness (QED) is 0.660. The monoisotopic (exact) mass is 476 g/mol. The van der Waals surface area contributed by atoms with Crippen molar-refractivity contribution >= 4 is 18.0 Å². The molecule has 7 nitrogen and oxygen atoms in total. The molecule has 0 radical (unpaired) electrons. The van der Waals surface area contributed by atoms with E-state index in [1.165, 1.54) is 16.0 Å². The predicted octanol–water partition coefficient (Wildman–Crippen LogP) is 4.55. The molecule has 2 fully saturated rings. The molecule has 5 rings (SSSR count). The van der Waals surface area contributed by atoms with Crippen LogP contribution < -0.4 is 5.32 Å². The minimum Gasteiger partial charge on any atom is -0.480 e. The van der Waals surface area contributed by atoms with E-state index < -0.39 is 17.6 Å². The molecule has 2 aromatic rings. The van der Waals surface area contributed by atoms with Crippen LogP contribution in [0.5, 0.6) is 0 Å². The summed E-state index contributed by atoms with van der Waals surface area (Å²) in [7, 11) is 0. The van der Waals surface area contributed by atoms with Crippen molar-refractivity contribution in [1.29, 1.82) is 0 Å². The number of carboxylic acids is 1. The Balaban J connectivity index is 1.19. The fourth-order valence-corrected chi connectivity index (χ4v) is 6.11. The zero-order valence-corrected chi connectivity index (χ0v) is 20.0. The van der Waals surface area contributed by atoms with Gasteiger partial charge in [0.25, 0.3) is 0 Å². The van der Waals surface area contributed by atoms with Gasteiger partial charge in [-0.2, -0.15) is 0 Å². The highest BCUT2D eigenvalue weighted by atomic mass is 16.5. The highest BCUT2D eigenvalue weighted by molar-refractivity contribution is 5.88. The number of hydrogen-bond acceptors (Lipinski definition) is 4. The number of nitrogens with one attached hydrogen (secondary N) is 1. The van der Waals surface area contributed by atoms with Gasteiger partial charge in [-0.3, -0.25) is 4.79 Å². The van der Waals surface area contributed by atoms with Crippen LogP contribution in [-0.4, -0.2) is 52.7 Å². The standard InChI is InChI=1S/C28H32N2O5/c1-28(26(32)33)14-7-15-30(28)25(31)18-8-6-9-19(16-18)29-27(34)35-17-24-22-12-4-2-10-20(22)21-11-3-5-13-23(21)24/h2-5,10-13,18-19,24H,6-9,14-17H2,1H3,(H,29,34)(H,32,33)/t18-,19-,28?/m1/s1. The highest BCUT2D eigenvalue weighted by Gasteiger charge is 2.47. The van der Waals surface area contributed by atoms with Gasteiger partial charge in [-0.15, -0.1) is 0 Å². The summed E-state index contributed by atoms with van der Waals surface area (Å²) in [5.74, 6) is -1.34. The second-order valence-electron chi connectivity index (χ2n) is 10.2. The number of carbonyl (C=O) groups excluding carboxylic acids is 2. The van der Waals surface area contributed by atoms with Crippen LogP contribution in [0.15, 0.2) is 48.5 Å². The number of alkyl carbamates (subject to hydrolysis) is 1. The maximum atomic E-state index is 13.2. The molecule has 0 aromatic heterocycles. The van der Waals surface area contributed by atoms with E-state index in [1.54, 1.807) is 6.92 Å². The van der Waals surface area contributed by atoms with Gasteiger partial charge in [0, 0.05) is 24.4 Å². The van der Waals surface area contributed by atoms with Gasteiger partial charge in [0.05, 0.1) is 0 Å². The number of carboxylic acid groups (broad SMARTS) is 1. The Bertz CT molecular complexity index is 1100. The maximum Gasteiger partial charge on any atom is 0.407 e. The van der Waals surface area contributed by atoms with E-state index in [-0.39, 0.29) is 30.4 Å². The molecule has 2 amide bonds. The number of aliphatic carboxylic acids is 1. The molecule has 3 aliphatic rings. The van der Waals surface area contributed by atoms with Crippen LogP contribution in [0.25, 0.3) is 11.1 Å². The Labute approximate surface area is 205 Å². The summed E-state index contributed by atoms with van der Waals surface area (Å²) in [6.07, 6.45) is 3.52. The molecule has 2 aliphatic carbocycles. The lowest BCUT2D eigenvalue weighted by Gasteiger charge is -2.36. The number of likely N-dealkylation sites (tertiary alicyclic amines) is 1. The molecule has 1 saturated heterocycles. The van der Waals surface area contributed by atoms with Crippen LogP contribution in [0.1, 0.15) is 62.5 Å². The van der Waals surface area contributed by atoms with Gasteiger partial charge in [-0.05, 0) is 61.3 Å². The molecule has 1 unspecified atom stereocenters.